The molecular weight excluding hydrogens is 216 g/mol. The Balaban J connectivity index is 1.78. The van der Waals surface area contributed by atoms with E-state index in [-0.39, 0.29) is 0 Å². The minimum Gasteiger partial charge on any atom is -0.465 e. The molecule has 2 aliphatic heterocycles. The second kappa shape index (κ2) is 4.18. The number of carboxylic acid groups (broad SMARTS) is 1. The predicted octanol–water partition coefficient (Wildman–Crippen LogP) is 1.81. The highest BCUT2D eigenvalue weighted by Gasteiger charge is 2.41. The summed E-state index contributed by atoms with van der Waals surface area (Å²) in [6.45, 7) is 0.627. The Kier molecular flexibility index (Phi) is 2.67. The van der Waals surface area contributed by atoms with E-state index in [0.29, 0.717) is 30.5 Å². The van der Waals surface area contributed by atoms with Crippen molar-refractivity contribution < 1.29 is 9.90 Å². The van der Waals surface area contributed by atoms with Crippen LogP contribution in [0.2, 0.25) is 0 Å². The predicted molar refractivity (Wildman–Crippen MR) is 64.6 cm³/mol. The minimum atomic E-state index is -0.846. The van der Waals surface area contributed by atoms with Crippen molar-refractivity contribution in [3.63, 3.8) is 0 Å². The van der Waals surface area contributed by atoms with Crippen LogP contribution in [0, 0.1) is 11.8 Å². The zero-order valence-corrected chi connectivity index (χ0v) is 9.75. The van der Waals surface area contributed by atoms with Gasteiger partial charge in [-0.2, -0.15) is 0 Å². The Morgan fingerprint density at radius 1 is 1.24 bits per heavy atom. The van der Waals surface area contributed by atoms with E-state index in [1.807, 2.05) is 6.08 Å². The van der Waals surface area contributed by atoms with Crippen LogP contribution in [0.5, 0.6) is 0 Å². The summed E-state index contributed by atoms with van der Waals surface area (Å²) in [5.41, 5.74) is 0. The smallest absolute Gasteiger partial charge is 0.411 e. The molecule has 4 heteroatoms. The van der Waals surface area contributed by atoms with Gasteiger partial charge in [0, 0.05) is 24.8 Å². The summed E-state index contributed by atoms with van der Waals surface area (Å²) in [4.78, 5) is 12.3. The highest BCUT2D eigenvalue weighted by molar-refractivity contribution is 5.66. The number of fused-ring (bicyclic) bond motifs is 3. The number of hydrogen-bond donors (Lipinski definition) is 2. The molecule has 1 amide bonds. The van der Waals surface area contributed by atoms with E-state index in [9.17, 15) is 4.79 Å². The van der Waals surface area contributed by atoms with E-state index in [1.165, 1.54) is 17.7 Å². The third kappa shape index (κ3) is 1.86. The average molecular weight is 234 g/mol. The number of nitrogens with zero attached hydrogens (tertiary/aromatic N) is 1. The fourth-order valence-electron chi connectivity index (χ4n) is 3.44. The molecule has 4 nitrogen and oxygen atoms in total. The van der Waals surface area contributed by atoms with Crippen molar-refractivity contribution in [3.8, 4) is 0 Å². The van der Waals surface area contributed by atoms with Crippen LogP contribution in [0.15, 0.2) is 24.4 Å². The van der Waals surface area contributed by atoms with Crippen molar-refractivity contribution in [2.75, 3.05) is 6.54 Å². The van der Waals surface area contributed by atoms with Crippen molar-refractivity contribution in [3.05, 3.63) is 24.4 Å². The SMILES string of the molecule is O=C(O)N1C=CC2NC3C=CCCC3C2CC1. The maximum absolute atomic E-state index is 11.0. The third-order valence-corrected chi connectivity index (χ3v) is 4.29. The van der Waals surface area contributed by atoms with Crippen molar-refractivity contribution in [1.82, 2.24) is 10.2 Å². The largest absolute Gasteiger partial charge is 0.465 e. The summed E-state index contributed by atoms with van der Waals surface area (Å²) in [6.07, 6.45) is 10.8. The van der Waals surface area contributed by atoms with Gasteiger partial charge >= 0.3 is 6.09 Å². The van der Waals surface area contributed by atoms with Gasteiger partial charge in [0.05, 0.1) is 0 Å². The van der Waals surface area contributed by atoms with Crippen LogP contribution in [0.25, 0.3) is 0 Å². The number of carbonyl (C=O) groups is 1. The van der Waals surface area contributed by atoms with Crippen LogP contribution in [-0.2, 0) is 0 Å². The van der Waals surface area contributed by atoms with Gasteiger partial charge in [-0.05, 0) is 31.1 Å². The first kappa shape index (κ1) is 10.8. The Morgan fingerprint density at radius 2 is 2.00 bits per heavy atom. The van der Waals surface area contributed by atoms with Crippen molar-refractivity contribution >= 4 is 6.09 Å². The second-order valence-corrected chi connectivity index (χ2v) is 5.16. The molecule has 0 aromatic carbocycles. The standard InChI is InChI=1S/C13H18N2O2/c16-13(17)15-7-5-10-9-3-1-2-4-11(9)14-12(10)6-8-15/h2,4,6,8-12,14H,1,3,5,7H2,(H,16,17). The van der Waals surface area contributed by atoms with E-state index in [0.717, 1.165) is 6.42 Å². The Hall–Kier alpha value is -1.29. The van der Waals surface area contributed by atoms with Gasteiger partial charge in [-0.1, -0.05) is 18.2 Å². The summed E-state index contributed by atoms with van der Waals surface area (Å²) in [6, 6.07) is 0.844. The number of hydrogen-bond acceptors (Lipinski definition) is 2. The minimum absolute atomic E-state index is 0.345. The monoisotopic (exact) mass is 234 g/mol. The molecule has 2 heterocycles. The topological polar surface area (TPSA) is 52.6 Å². The summed E-state index contributed by atoms with van der Waals surface area (Å²) in [5.74, 6) is 1.27. The highest BCUT2D eigenvalue weighted by atomic mass is 16.4. The first-order valence-corrected chi connectivity index (χ1v) is 6.36. The molecule has 4 atom stereocenters. The fourth-order valence-corrected chi connectivity index (χ4v) is 3.44. The summed E-state index contributed by atoms with van der Waals surface area (Å²) in [5, 5.41) is 12.6. The zero-order chi connectivity index (χ0) is 11.8. The molecule has 0 radical (unpaired) electrons. The molecule has 3 aliphatic rings. The van der Waals surface area contributed by atoms with Crippen LogP contribution in [0.3, 0.4) is 0 Å². The van der Waals surface area contributed by atoms with E-state index < -0.39 is 6.09 Å². The maximum Gasteiger partial charge on any atom is 0.411 e. The van der Waals surface area contributed by atoms with Gasteiger partial charge in [0.1, 0.15) is 0 Å². The van der Waals surface area contributed by atoms with Gasteiger partial charge in [0.15, 0.2) is 0 Å². The van der Waals surface area contributed by atoms with E-state index in [1.54, 1.807) is 6.20 Å². The number of rotatable bonds is 0. The number of amides is 1. The maximum atomic E-state index is 11.0. The molecule has 2 N–H and O–H groups in total. The van der Waals surface area contributed by atoms with E-state index in [2.05, 4.69) is 17.5 Å². The van der Waals surface area contributed by atoms with Gasteiger partial charge in [0.25, 0.3) is 0 Å². The van der Waals surface area contributed by atoms with Crippen LogP contribution in [0.1, 0.15) is 19.3 Å². The number of nitrogens with one attached hydrogen (secondary N) is 1. The lowest BCUT2D eigenvalue weighted by molar-refractivity contribution is 0.160. The zero-order valence-electron chi connectivity index (χ0n) is 9.75. The molecule has 3 rings (SSSR count). The fraction of sp³-hybridized carbons (Fsp3) is 0.615. The quantitative estimate of drug-likeness (QED) is 0.628. The molecule has 0 saturated carbocycles. The summed E-state index contributed by atoms with van der Waals surface area (Å²) < 4.78 is 0. The van der Waals surface area contributed by atoms with Crippen LogP contribution in [0.4, 0.5) is 4.79 Å². The first-order chi connectivity index (χ1) is 8.25. The number of allylic oxidation sites excluding steroid dienone is 1. The van der Waals surface area contributed by atoms with Gasteiger partial charge in [-0.3, -0.25) is 4.90 Å². The molecule has 1 aliphatic carbocycles. The molecule has 92 valence electrons. The van der Waals surface area contributed by atoms with E-state index in [4.69, 9.17) is 5.11 Å². The molecule has 1 fully saturated rings. The Bertz CT molecular complexity index is 378. The molecule has 17 heavy (non-hydrogen) atoms. The van der Waals surface area contributed by atoms with Gasteiger partial charge in [-0.15, -0.1) is 0 Å². The molecule has 4 unspecified atom stereocenters. The van der Waals surface area contributed by atoms with Gasteiger partial charge < -0.3 is 10.4 Å². The van der Waals surface area contributed by atoms with Crippen molar-refractivity contribution in [1.29, 1.82) is 0 Å². The molecule has 0 spiro atoms. The summed E-state index contributed by atoms with van der Waals surface area (Å²) in [7, 11) is 0. The van der Waals surface area contributed by atoms with E-state index >= 15 is 0 Å². The summed E-state index contributed by atoms with van der Waals surface area (Å²) >= 11 is 0. The molecule has 0 bridgehead atoms. The van der Waals surface area contributed by atoms with Crippen LogP contribution >= 0.6 is 0 Å². The lowest BCUT2D eigenvalue weighted by atomic mass is 9.79. The Morgan fingerprint density at radius 3 is 2.82 bits per heavy atom. The highest BCUT2D eigenvalue weighted by Crippen LogP contribution is 2.38. The third-order valence-electron chi connectivity index (χ3n) is 4.29. The first-order valence-electron chi connectivity index (χ1n) is 6.36. The molecule has 0 aromatic heterocycles. The van der Waals surface area contributed by atoms with Gasteiger partial charge in [-0.25, -0.2) is 4.79 Å². The van der Waals surface area contributed by atoms with Gasteiger partial charge in [0.2, 0.25) is 0 Å². The lowest BCUT2D eigenvalue weighted by Crippen LogP contribution is -2.30. The lowest BCUT2D eigenvalue weighted by Gasteiger charge is -2.25. The Labute approximate surface area is 101 Å². The molecular formula is C13H18N2O2. The normalized spacial score (nSPS) is 39.6. The second-order valence-electron chi connectivity index (χ2n) is 5.16. The van der Waals surface area contributed by atoms with Crippen LogP contribution < -0.4 is 5.32 Å². The molecule has 0 aromatic rings. The van der Waals surface area contributed by atoms with Crippen LogP contribution in [-0.4, -0.2) is 34.7 Å². The van der Waals surface area contributed by atoms with Crippen molar-refractivity contribution in [2.45, 2.75) is 31.3 Å². The molecule has 1 saturated heterocycles. The van der Waals surface area contributed by atoms with Crippen molar-refractivity contribution in [2.24, 2.45) is 11.8 Å². The average Bonchev–Trinajstić information content (AvgIpc) is 2.53.